The van der Waals surface area contributed by atoms with E-state index >= 15 is 0 Å². The summed E-state index contributed by atoms with van der Waals surface area (Å²) < 4.78 is 6.67. The van der Waals surface area contributed by atoms with Gasteiger partial charge in [0, 0.05) is 44.6 Å². The molecule has 0 N–H and O–H groups in total. The van der Waals surface area contributed by atoms with Gasteiger partial charge in [0.15, 0.2) is 0 Å². The van der Waals surface area contributed by atoms with Gasteiger partial charge in [0.1, 0.15) is 5.56 Å². The van der Waals surface area contributed by atoms with Crippen LogP contribution in [0.5, 0.6) is 0 Å². The molecule has 2 aliphatic heterocycles. The normalized spacial score (nSPS) is 16.4. The van der Waals surface area contributed by atoms with Gasteiger partial charge in [-0.2, -0.15) is 0 Å². The number of carbonyl (C=O) groups is 3. The predicted molar refractivity (Wildman–Crippen MR) is 138 cm³/mol. The average Bonchev–Trinajstić information content (AvgIpc) is 3.63. The lowest BCUT2D eigenvalue weighted by Crippen LogP contribution is -2.45. The van der Waals surface area contributed by atoms with Crippen LogP contribution in [0.25, 0.3) is 5.69 Å². The summed E-state index contributed by atoms with van der Waals surface area (Å²) >= 11 is 0. The average molecular weight is 517 g/mol. The quantitative estimate of drug-likeness (QED) is 0.288. The molecule has 2 aromatic carbocycles. The Morgan fingerprint density at radius 1 is 0.842 bits per heavy atom. The molecule has 10 nitrogen and oxygen atoms in total. The molecular weight excluding hydrogens is 488 g/mol. The minimum atomic E-state index is -0.915. The number of piperidine rings is 1. The number of nitro groups is 1. The molecule has 5 rings (SSSR count). The first-order valence-corrected chi connectivity index (χ1v) is 12.5. The van der Waals surface area contributed by atoms with E-state index in [0.717, 1.165) is 32.1 Å². The lowest BCUT2D eigenvalue weighted by molar-refractivity contribution is -0.385. The van der Waals surface area contributed by atoms with Crippen molar-refractivity contribution < 1.29 is 24.0 Å². The van der Waals surface area contributed by atoms with Gasteiger partial charge in [-0.15, -0.1) is 0 Å². The summed E-state index contributed by atoms with van der Waals surface area (Å²) in [6.07, 6.45) is 6.08. The van der Waals surface area contributed by atoms with Crippen LogP contribution in [0, 0.1) is 15.5 Å². The van der Waals surface area contributed by atoms with Gasteiger partial charge < -0.3 is 19.1 Å². The van der Waals surface area contributed by atoms with Gasteiger partial charge in [-0.25, -0.2) is 4.79 Å². The molecule has 0 bridgehead atoms. The molecule has 0 saturated carbocycles. The largest absolute Gasteiger partial charge is 0.465 e. The Hall–Kier alpha value is -4.47. The fourth-order valence-corrected chi connectivity index (χ4v) is 5.60. The second-order valence-corrected chi connectivity index (χ2v) is 9.82. The zero-order valence-electron chi connectivity index (χ0n) is 21.0. The fraction of sp³-hybridized carbons (Fsp3) is 0.321. The maximum atomic E-state index is 13.4. The third-order valence-electron chi connectivity index (χ3n) is 7.71. The van der Waals surface area contributed by atoms with E-state index in [0.29, 0.717) is 31.7 Å². The Bertz CT molecular complexity index is 1390. The fourth-order valence-electron chi connectivity index (χ4n) is 5.60. The Morgan fingerprint density at radius 3 is 2.11 bits per heavy atom. The highest BCUT2D eigenvalue weighted by Gasteiger charge is 2.44. The van der Waals surface area contributed by atoms with Crippen molar-refractivity contribution in [1.82, 2.24) is 14.4 Å². The molecule has 2 fully saturated rings. The van der Waals surface area contributed by atoms with Crippen LogP contribution < -0.4 is 0 Å². The number of esters is 1. The molecule has 1 aromatic heterocycles. The summed E-state index contributed by atoms with van der Waals surface area (Å²) in [5.74, 6) is -1.36. The minimum absolute atomic E-state index is 0.0191. The van der Waals surface area contributed by atoms with E-state index in [1.165, 1.54) is 18.2 Å². The predicted octanol–water partition coefficient (Wildman–Crippen LogP) is 3.94. The first-order valence-electron chi connectivity index (χ1n) is 12.5. The molecule has 196 valence electrons. The zero-order valence-corrected chi connectivity index (χ0v) is 21.0. The molecule has 2 aliphatic rings. The van der Waals surface area contributed by atoms with E-state index in [1.54, 1.807) is 4.90 Å². The van der Waals surface area contributed by atoms with Crippen molar-refractivity contribution in [2.75, 3.05) is 33.3 Å². The number of nitro benzene ring substituents is 1. The summed E-state index contributed by atoms with van der Waals surface area (Å²) in [5.41, 5.74) is 0.523. The van der Waals surface area contributed by atoms with E-state index in [4.69, 9.17) is 4.74 Å². The van der Waals surface area contributed by atoms with Crippen molar-refractivity contribution in [3.8, 4) is 5.69 Å². The van der Waals surface area contributed by atoms with Crippen LogP contribution in [0.1, 0.15) is 50.3 Å². The van der Waals surface area contributed by atoms with Crippen LogP contribution in [0.3, 0.4) is 0 Å². The lowest BCUT2D eigenvalue weighted by atomic mass is 9.77. The van der Waals surface area contributed by atoms with E-state index in [-0.39, 0.29) is 22.4 Å². The SMILES string of the molecule is COC(=O)c1c(C(=O)N2CCC3(CCN(C(=O)c4ccccc4-n4cccc4)CC3)C2)cccc1[N+](=O)[O-]. The monoisotopic (exact) mass is 516 g/mol. The number of likely N-dealkylation sites (tertiary alicyclic amines) is 2. The number of ether oxygens (including phenoxy) is 1. The van der Waals surface area contributed by atoms with Crippen molar-refractivity contribution in [3.63, 3.8) is 0 Å². The van der Waals surface area contributed by atoms with E-state index in [1.807, 2.05) is 58.3 Å². The standard InChI is InChI=1S/C28H28N4O6/c1-38-27(35)24-21(8-6-10-23(24)32(36)37)26(34)31-18-13-28(19-31)11-16-30(17-12-28)25(33)20-7-2-3-9-22(20)29-14-4-5-15-29/h2-10,14-15H,11-13,16-19H2,1H3. The highest BCUT2D eigenvalue weighted by Crippen LogP contribution is 2.41. The maximum Gasteiger partial charge on any atom is 0.345 e. The Kier molecular flexibility index (Phi) is 6.71. The Morgan fingerprint density at radius 2 is 1.45 bits per heavy atom. The Labute approximate surface area is 219 Å². The lowest BCUT2D eigenvalue weighted by Gasteiger charge is -2.39. The molecule has 1 spiro atoms. The highest BCUT2D eigenvalue weighted by molar-refractivity contribution is 6.08. The number of hydrogen-bond donors (Lipinski definition) is 0. The second kappa shape index (κ2) is 10.1. The first kappa shape index (κ1) is 25.2. The molecule has 0 radical (unpaired) electrons. The van der Waals surface area contributed by atoms with Gasteiger partial charge in [0.2, 0.25) is 0 Å². The van der Waals surface area contributed by atoms with Crippen LogP contribution >= 0.6 is 0 Å². The molecule has 0 atom stereocenters. The van der Waals surface area contributed by atoms with Crippen molar-refractivity contribution in [1.29, 1.82) is 0 Å². The van der Waals surface area contributed by atoms with Gasteiger partial charge in [0.05, 0.1) is 28.8 Å². The number of hydrogen-bond acceptors (Lipinski definition) is 6. The van der Waals surface area contributed by atoms with Crippen molar-refractivity contribution in [2.24, 2.45) is 5.41 Å². The van der Waals surface area contributed by atoms with Gasteiger partial charge in [-0.3, -0.25) is 19.7 Å². The van der Waals surface area contributed by atoms with E-state index in [9.17, 15) is 24.5 Å². The smallest absolute Gasteiger partial charge is 0.345 e. The highest BCUT2D eigenvalue weighted by atomic mass is 16.6. The molecular formula is C28H28N4O6. The van der Waals surface area contributed by atoms with Crippen molar-refractivity contribution in [3.05, 3.63) is 93.8 Å². The summed E-state index contributed by atoms with van der Waals surface area (Å²) in [5, 5.41) is 11.5. The maximum absolute atomic E-state index is 13.4. The summed E-state index contributed by atoms with van der Waals surface area (Å²) in [4.78, 5) is 53.6. The van der Waals surface area contributed by atoms with Crippen LogP contribution in [-0.2, 0) is 4.74 Å². The number of amides is 2. The first-order chi connectivity index (χ1) is 18.3. The van der Waals surface area contributed by atoms with Crippen molar-refractivity contribution in [2.45, 2.75) is 19.3 Å². The van der Waals surface area contributed by atoms with Gasteiger partial charge in [-0.05, 0) is 55.0 Å². The molecule has 0 unspecified atom stereocenters. The molecule has 3 heterocycles. The third kappa shape index (κ3) is 4.53. The van der Waals surface area contributed by atoms with Gasteiger partial charge in [-0.1, -0.05) is 18.2 Å². The van der Waals surface area contributed by atoms with Crippen LogP contribution in [-0.4, -0.2) is 70.4 Å². The number of aromatic nitrogens is 1. The molecule has 2 saturated heterocycles. The van der Waals surface area contributed by atoms with Gasteiger partial charge >= 0.3 is 5.97 Å². The molecule has 3 aromatic rings. The number of para-hydroxylation sites is 1. The zero-order chi connectivity index (χ0) is 26.9. The summed E-state index contributed by atoms with van der Waals surface area (Å²) in [6.45, 7) is 2.10. The number of nitrogens with zero attached hydrogens (tertiary/aromatic N) is 4. The van der Waals surface area contributed by atoms with Crippen LogP contribution in [0.15, 0.2) is 67.0 Å². The summed E-state index contributed by atoms with van der Waals surface area (Å²) in [6, 6.07) is 15.4. The van der Waals surface area contributed by atoms with Crippen LogP contribution in [0.4, 0.5) is 5.69 Å². The molecule has 38 heavy (non-hydrogen) atoms. The number of rotatable bonds is 5. The third-order valence-corrected chi connectivity index (χ3v) is 7.71. The number of benzene rings is 2. The second-order valence-electron chi connectivity index (χ2n) is 9.82. The minimum Gasteiger partial charge on any atom is -0.465 e. The van der Waals surface area contributed by atoms with E-state index < -0.39 is 22.5 Å². The molecule has 0 aliphatic carbocycles. The molecule has 10 heteroatoms. The van der Waals surface area contributed by atoms with E-state index in [2.05, 4.69) is 0 Å². The van der Waals surface area contributed by atoms with Crippen LogP contribution in [0.2, 0.25) is 0 Å². The number of methoxy groups -OCH3 is 1. The molecule has 2 amide bonds. The van der Waals surface area contributed by atoms with Gasteiger partial charge in [0.25, 0.3) is 17.5 Å². The summed E-state index contributed by atoms with van der Waals surface area (Å²) in [7, 11) is 1.13. The topological polar surface area (TPSA) is 115 Å². The Balaban J connectivity index is 1.29. The number of carbonyl (C=O) groups excluding carboxylic acids is 3. The van der Waals surface area contributed by atoms with Crippen molar-refractivity contribution >= 4 is 23.5 Å².